The van der Waals surface area contributed by atoms with Crippen molar-refractivity contribution in [2.75, 3.05) is 13.6 Å². The first-order valence-electron chi connectivity index (χ1n) is 5.68. The molecule has 0 aliphatic carbocycles. The first-order valence-corrected chi connectivity index (χ1v) is 6.06. The van der Waals surface area contributed by atoms with Crippen molar-refractivity contribution in [1.29, 1.82) is 0 Å². The number of halogens is 1. The second kappa shape index (κ2) is 6.24. The summed E-state index contributed by atoms with van der Waals surface area (Å²) in [4.78, 5) is 2.26. The van der Waals surface area contributed by atoms with Crippen molar-refractivity contribution in [3.8, 4) is 0 Å². The largest absolute Gasteiger partial charge is 0.328 e. The van der Waals surface area contributed by atoms with Crippen LogP contribution in [0.5, 0.6) is 0 Å². The minimum atomic E-state index is 0.230. The maximum atomic E-state index is 6.12. The Balaban J connectivity index is 2.52. The number of nitrogens with zero attached hydrogens (tertiary/aromatic N) is 1. The van der Waals surface area contributed by atoms with Gasteiger partial charge in [-0.25, -0.2) is 0 Å². The molecule has 3 heteroatoms. The maximum absolute atomic E-state index is 6.12. The Bertz CT molecular complexity index is 325. The second-order valence-corrected chi connectivity index (χ2v) is 5.03. The normalized spacial score (nSPS) is 15.1. The molecule has 0 saturated carbocycles. The van der Waals surface area contributed by atoms with Gasteiger partial charge in [0.2, 0.25) is 0 Å². The standard InChI is InChI=1S/C13H21ClN2/c1-10(11(2)15)8-16(3)9-12-6-4-5-7-13(12)14/h4-7,10-11H,8-9,15H2,1-3H3. The molecule has 0 spiro atoms. The van der Waals surface area contributed by atoms with Gasteiger partial charge < -0.3 is 10.6 Å². The monoisotopic (exact) mass is 240 g/mol. The van der Waals surface area contributed by atoms with E-state index in [1.165, 1.54) is 5.56 Å². The molecule has 2 atom stereocenters. The van der Waals surface area contributed by atoms with E-state index in [1.807, 2.05) is 25.1 Å². The molecule has 0 radical (unpaired) electrons. The van der Waals surface area contributed by atoms with Crippen LogP contribution in [0.4, 0.5) is 0 Å². The van der Waals surface area contributed by atoms with E-state index in [1.54, 1.807) is 0 Å². The van der Waals surface area contributed by atoms with Gasteiger partial charge in [-0.3, -0.25) is 0 Å². The minimum Gasteiger partial charge on any atom is -0.328 e. The van der Waals surface area contributed by atoms with Gasteiger partial charge in [-0.15, -0.1) is 0 Å². The van der Waals surface area contributed by atoms with E-state index in [0.29, 0.717) is 5.92 Å². The van der Waals surface area contributed by atoms with Crippen LogP contribution in [-0.2, 0) is 6.54 Å². The molecule has 1 rings (SSSR count). The third-order valence-corrected chi connectivity index (χ3v) is 3.26. The van der Waals surface area contributed by atoms with Gasteiger partial charge in [0.1, 0.15) is 0 Å². The first kappa shape index (κ1) is 13.5. The van der Waals surface area contributed by atoms with E-state index in [0.717, 1.165) is 18.1 Å². The number of rotatable bonds is 5. The Morgan fingerprint density at radius 1 is 1.31 bits per heavy atom. The summed E-state index contributed by atoms with van der Waals surface area (Å²) in [6.45, 7) is 6.08. The van der Waals surface area contributed by atoms with E-state index in [-0.39, 0.29) is 6.04 Å². The van der Waals surface area contributed by atoms with Crippen molar-refractivity contribution in [2.45, 2.75) is 26.4 Å². The summed E-state index contributed by atoms with van der Waals surface area (Å²) in [6, 6.07) is 8.20. The quantitative estimate of drug-likeness (QED) is 0.858. The fraction of sp³-hybridized carbons (Fsp3) is 0.538. The highest BCUT2D eigenvalue weighted by atomic mass is 35.5. The molecular weight excluding hydrogens is 220 g/mol. The van der Waals surface area contributed by atoms with E-state index in [4.69, 9.17) is 17.3 Å². The Labute approximate surface area is 103 Å². The van der Waals surface area contributed by atoms with Gasteiger partial charge in [0.05, 0.1) is 0 Å². The van der Waals surface area contributed by atoms with Crippen molar-refractivity contribution in [1.82, 2.24) is 4.90 Å². The third-order valence-electron chi connectivity index (χ3n) is 2.90. The fourth-order valence-corrected chi connectivity index (χ4v) is 1.84. The number of hydrogen-bond acceptors (Lipinski definition) is 2. The summed E-state index contributed by atoms with van der Waals surface area (Å²) in [6.07, 6.45) is 0. The Morgan fingerprint density at radius 2 is 1.94 bits per heavy atom. The van der Waals surface area contributed by atoms with Crippen molar-refractivity contribution in [3.63, 3.8) is 0 Å². The number of nitrogens with two attached hydrogens (primary N) is 1. The molecule has 0 aliphatic rings. The molecule has 2 unspecified atom stereocenters. The van der Waals surface area contributed by atoms with E-state index >= 15 is 0 Å². The topological polar surface area (TPSA) is 29.3 Å². The molecule has 0 amide bonds. The predicted octanol–water partition coefficient (Wildman–Crippen LogP) is 2.76. The van der Waals surface area contributed by atoms with Gasteiger partial charge in [-0.2, -0.15) is 0 Å². The third kappa shape index (κ3) is 4.12. The summed E-state index contributed by atoms with van der Waals surface area (Å²) in [5.74, 6) is 0.493. The summed E-state index contributed by atoms with van der Waals surface area (Å²) < 4.78 is 0. The van der Waals surface area contributed by atoms with Crippen LogP contribution < -0.4 is 5.73 Å². The summed E-state index contributed by atoms with van der Waals surface area (Å²) in [7, 11) is 2.10. The van der Waals surface area contributed by atoms with E-state index in [2.05, 4.69) is 24.9 Å². The Morgan fingerprint density at radius 3 is 2.50 bits per heavy atom. The van der Waals surface area contributed by atoms with Crippen LogP contribution in [0.3, 0.4) is 0 Å². The average Bonchev–Trinajstić information content (AvgIpc) is 2.21. The van der Waals surface area contributed by atoms with Crippen molar-refractivity contribution in [2.24, 2.45) is 11.7 Å². The first-order chi connectivity index (χ1) is 7.50. The summed E-state index contributed by atoms with van der Waals surface area (Å²) in [5.41, 5.74) is 7.02. The molecule has 1 aromatic rings. The average molecular weight is 241 g/mol. The summed E-state index contributed by atoms with van der Waals surface area (Å²) >= 11 is 6.12. The van der Waals surface area contributed by atoms with Crippen LogP contribution >= 0.6 is 11.6 Å². The van der Waals surface area contributed by atoms with Gasteiger partial charge in [-0.1, -0.05) is 36.7 Å². The molecule has 0 fully saturated rings. The smallest absolute Gasteiger partial charge is 0.0451 e. The van der Waals surface area contributed by atoms with Gasteiger partial charge in [-0.05, 0) is 31.5 Å². The minimum absolute atomic E-state index is 0.230. The zero-order chi connectivity index (χ0) is 12.1. The van der Waals surface area contributed by atoms with Crippen LogP contribution in [-0.4, -0.2) is 24.5 Å². The van der Waals surface area contributed by atoms with Gasteiger partial charge in [0, 0.05) is 24.2 Å². The summed E-state index contributed by atoms with van der Waals surface area (Å²) in [5, 5.41) is 0.836. The number of benzene rings is 1. The molecule has 0 heterocycles. The Hall–Kier alpha value is -0.570. The van der Waals surface area contributed by atoms with Crippen LogP contribution in [0, 0.1) is 5.92 Å². The molecule has 0 saturated heterocycles. The number of hydrogen-bond donors (Lipinski definition) is 1. The van der Waals surface area contributed by atoms with Gasteiger partial charge >= 0.3 is 0 Å². The second-order valence-electron chi connectivity index (χ2n) is 4.62. The SMILES string of the molecule is CC(N)C(C)CN(C)Cc1ccccc1Cl. The van der Waals surface area contributed by atoms with Crippen molar-refractivity contribution in [3.05, 3.63) is 34.9 Å². The lowest BCUT2D eigenvalue weighted by atomic mass is 10.0. The molecular formula is C13H21ClN2. The highest BCUT2D eigenvalue weighted by Crippen LogP contribution is 2.17. The zero-order valence-electron chi connectivity index (χ0n) is 10.3. The lowest BCUT2D eigenvalue weighted by Gasteiger charge is -2.24. The van der Waals surface area contributed by atoms with Crippen LogP contribution in [0.15, 0.2) is 24.3 Å². The van der Waals surface area contributed by atoms with Crippen LogP contribution in [0.2, 0.25) is 5.02 Å². The van der Waals surface area contributed by atoms with Crippen molar-refractivity contribution >= 4 is 11.6 Å². The molecule has 2 nitrogen and oxygen atoms in total. The van der Waals surface area contributed by atoms with Gasteiger partial charge in [0.25, 0.3) is 0 Å². The Kier molecular flexibility index (Phi) is 5.26. The predicted molar refractivity (Wildman–Crippen MR) is 70.6 cm³/mol. The van der Waals surface area contributed by atoms with Crippen LogP contribution in [0.1, 0.15) is 19.4 Å². The molecule has 0 bridgehead atoms. The lowest BCUT2D eigenvalue weighted by Crippen LogP contribution is -2.34. The highest BCUT2D eigenvalue weighted by molar-refractivity contribution is 6.31. The maximum Gasteiger partial charge on any atom is 0.0451 e. The zero-order valence-corrected chi connectivity index (χ0v) is 11.0. The van der Waals surface area contributed by atoms with E-state index in [9.17, 15) is 0 Å². The highest BCUT2D eigenvalue weighted by Gasteiger charge is 2.11. The van der Waals surface area contributed by atoms with Crippen molar-refractivity contribution < 1.29 is 0 Å². The lowest BCUT2D eigenvalue weighted by molar-refractivity contribution is 0.262. The van der Waals surface area contributed by atoms with Crippen LogP contribution in [0.25, 0.3) is 0 Å². The van der Waals surface area contributed by atoms with E-state index < -0.39 is 0 Å². The molecule has 1 aromatic carbocycles. The molecule has 16 heavy (non-hydrogen) atoms. The molecule has 0 aliphatic heterocycles. The van der Waals surface area contributed by atoms with Gasteiger partial charge in [0.15, 0.2) is 0 Å². The molecule has 90 valence electrons. The molecule has 0 aromatic heterocycles. The fourth-order valence-electron chi connectivity index (χ4n) is 1.64. The molecule has 2 N–H and O–H groups in total.